The molecule has 4 heteroatoms. The van der Waals surface area contributed by atoms with Crippen LogP contribution in [0.4, 0.5) is 0 Å². The third kappa shape index (κ3) is 2.66. The van der Waals surface area contributed by atoms with Crippen molar-refractivity contribution in [1.82, 2.24) is 0 Å². The number of ether oxygens (including phenoxy) is 1. The van der Waals surface area contributed by atoms with Gasteiger partial charge in [0, 0.05) is 28.4 Å². The normalized spacial score (nSPS) is 33.3. The van der Waals surface area contributed by atoms with Crippen LogP contribution in [0.3, 0.4) is 0 Å². The van der Waals surface area contributed by atoms with Gasteiger partial charge in [-0.25, -0.2) is 0 Å². The molecule has 86 valence electrons. The molecule has 2 aliphatic heterocycles. The summed E-state index contributed by atoms with van der Waals surface area (Å²) in [5.74, 6) is 3.18. The monoisotopic (exact) mass is 246 g/mol. The van der Waals surface area contributed by atoms with Gasteiger partial charge in [0.15, 0.2) is 0 Å². The summed E-state index contributed by atoms with van der Waals surface area (Å²) in [5, 5.41) is 11.1. The molecule has 1 N–H and O–H groups in total. The summed E-state index contributed by atoms with van der Waals surface area (Å²) in [6, 6.07) is 0. The average Bonchev–Trinajstić information content (AvgIpc) is 2.81. The Bertz CT molecular complexity index is 243. The van der Waals surface area contributed by atoms with Crippen LogP contribution in [0.15, 0.2) is 11.8 Å². The van der Waals surface area contributed by atoms with Gasteiger partial charge in [-0.05, 0) is 12.5 Å². The molecule has 0 bridgehead atoms. The van der Waals surface area contributed by atoms with Gasteiger partial charge in [-0.15, -0.1) is 0 Å². The summed E-state index contributed by atoms with van der Waals surface area (Å²) >= 11 is 3.89. The van der Waals surface area contributed by atoms with E-state index in [0.717, 1.165) is 31.0 Å². The van der Waals surface area contributed by atoms with Crippen LogP contribution >= 0.6 is 23.5 Å². The van der Waals surface area contributed by atoms with E-state index in [1.165, 1.54) is 5.75 Å². The highest BCUT2D eigenvalue weighted by Gasteiger charge is 2.34. The van der Waals surface area contributed by atoms with Crippen LogP contribution in [0, 0.1) is 0 Å². The highest BCUT2D eigenvalue weighted by Crippen LogP contribution is 2.37. The zero-order valence-corrected chi connectivity index (χ0v) is 10.6. The molecule has 0 aromatic rings. The van der Waals surface area contributed by atoms with E-state index in [4.69, 9.17) is 4.74 Å². The maximum atomic E-state index is 10.2. The van der Waals surface area contributed by atoms with Crippen LogP contribution in [0.5, 0.6) is 0 Å². The topological polar surface area (TPSA) is 29.5 Å². The Morgan fingerprint density at radius 1 is 1.53 bits per heavy atom. The second kappa shape index (κ2) is 5.51. The van der Waals surface area contributed by atoms with Gasteiger partial charge >= 0.3 is 0 Å². The van der Waals surface area contributed by atoms with E-state index in [2.05, 4.69) is 6.92 Å². The van der Waals surface area contributed by atoms with Gasteiger partial charge < -0.3 is 9.84 Å². The molecule has 2 aliphatic rings. The van der Waals surface area contributed by atoms with Crippen molar-refractivity contribution in [2.75, 3.05) is 18.1 Å². The molecule has 0 radical (unpaired) electrons. The van der Waals surface area contributed by atoms with Crippen molar-refractivity contribution < 1.29 is 9.84 Å². The summed E-state index contributed by atoms with van der Waals surface area (Å²) < 4.78 is 5.45. The summed E-state index contributed by atoms with van der Waals surface area (Å²) in [5.41, 5.74) is 0. The fourth-order valence-electron chi connectivity index (χ4n) is 2.04. The second-order valence-electron chi connectivity index (χ2n) is 3.84. The van der Waals surface area contributed by atoms with Crippen molar-refractivity contribution in [3.63, 3.8) is 0 Å². The van der Waals surface area contributed by atoms with E-state index in [9.17, 15) is 5.11 Å². The van der Waals surface area contributed by atoms with Gasteiger partial charge in [-0.3, -0.25) is 0 Å². The van der Waals surface area contributed by atoms with Crippen LogP contribution in [-0.2, 0) is 4.74 Å². The van der Waals surface area contributed by atoms with Crippen LogP contribution in [0.25, 0.3) is 0 Å². The molecule has 0 aromatic carbocycles. The van der Waals surface area contributed by atoms with Gasteiger partial charge in [-0.2, -0.15) is 23.5 Å². The van der Waals surface area contributed by atoms with Crippen molar-refractivity contribution in [3.05, 3.63) is 11.8 Å². The fourth-order valence-corrected chi connectivity index (χ4v) is 5.15. The maximum Gasteiger partial charge on any atom is 0.124 e. The summed E-state index contributed by atoms with van der Waals surface area (Å²) in [6.45, 7) is 2.95. The Morgan fingerprint density at radius 3 is 3.00 bits per heavy atom. The van der Waals surface area contributed by atoms with Crippen LogP contribution in [0.2, 0.25) is 0 Å². The van der Waals surface area contributed by atoms with Crippen molar-refractivity contribution in [2.24, 2.45) is 0 Å². The van der Waals surface area contributed by atoms with Gasteiger partial charge in [0.1, 0.15) is 11.9 Å². The zero-order chi connectivity index (χ0) is 10.7. The smallest absolute Gasteiger partial charge is 0.124 e. The van der Waals surface area contributed by atoms with Gasteiger partial charge in [-0.1, -0.05) is 6.92 Å². The minimum absolute atomic E-state index is 0.318. The highest BCUT2D eigenvalue weighted by atomic mass is 32.2. The Kier molecular flexibility index (Phi) is 4.29. The van der Waals surface area contributed by atoms with Crippen molar-refractivity contribution in [2.45, 2.75) is 36.4 Å². The Morgan fingerprint density at radius 2 is 2.33 bits per heavy atom. The van der Waals surface area contributed by atoms with Crippen LogP contribution < -0.4 is 0 Å². The largest absolute Gasteiger partial charge is 0.495 e. The first kappa shape index (κ1) is 11.7. The van der Waals surface area contributed by atoms with Crippen LogP contribution in [0.1, 0.15) is 19.8 Å². The molecule has 1 fully saturated rings. The molecule has 3 atom stereocenters. The first-order chi connectivity index (χ1) is 7.33. The van der Waals surface area contributed by atoms with E-state index in [1.807, 2.05) is 29.6 Å². The lowest BCUT2D eigenvalue weighted by Crippen LogP contribution is -2.37. The third-order valence-electron chi connectivity index (χ3n) is 2.83. The fraction of sp³-hybridized carbons (Fsp3) is 0.818. The van der Waals surface area contributed by atoms with Crippen molar-refractivity contribution >= 4 is 23.5 Å². The van der Waals surface area contributed by atoms with Gasteiger partial charge in [0.25, 0.3) is 0 Å². The zero-order valence-electron chi connectivity index (χ0n) is 9.02. The predicted octanol–water partition coefficient (Wildman–Crippen LogP) is 2.28. The van der Waals surface area contributed by atoms with Crippen molar-refractivity contribution in [1.29, 1.82) is 0 Å². The first-order valence-electron chi connectivity index (χ1n) is 5.57. The minimum atomic E-state index is -0.393. The highest BCUT2D eigenvalue weighted by molar-refractivity contribution is 8.07. The standard InChI is InChI=1S/C11H18O2S2/c1-2-9-11(15-7-6-14-9)10(12)8-4-3-5-13-8/h4,9-12H,2-3,5-7H2,1H3. The van der Waals surface area contributed by atoms with Crippen molar-refractivity contribution in [3.8, 4) is 0 Å². The number of hydrogen-bond acceptors (Lipinski definition) is 4. The number of hydrogen-bond donors (Lipinski definition) is 1. The first-order valence-corrected chi connectivity index (χ1v) is 7.66. The Labute approximate surface area is 99.8 Å². The number of aliphatic hydroxyl groups excluding tert-OH is 1. The number of thioether (sulfide) groups is 2. The second-order valence-corrected chi connectivity index (χ2v) is 6.47. The Balaban J connectivity index is 2.00. The minimum Gasteiger partial charge on any atom is -0.495 e. The maximum absolute atomic E-state index is 10.2. The van der Waals surface area contributed by atoms with E-state index < -0.39 is 6.10 Å². The van der Waals surface area contributed by atoms with E-state index in [1.54, 1.807) is 0 Å². The molecular weight excluding hydrogens is 228 g/mol. The summed E-state index contributed by atoms with van der Waals surface area (Å²) in [7, 11) is 0. The van der Waals surface area contributed by atoms with Gasteiger partial charge in [0.2, 0.25) is 0 Å². The van der Waals surface area contributed by atoms with Crippen LogP contribution in [-0.4, -0.2) is 39.8 Å². The van der Waals surface area contributed by atoms with Gasteiger partial charge in [0.05, 0.1) is 6.61 Å². The molecule has 1 saturated heterocycles. The lowest BCUT2D eigenvalue weighted by atomic mass is 10.1. The molecule has 0 saturated carbocycles. The third-order valence-corrected chi connectivity index (χ3v) is 6.17. The van der Waals surface area contributed by atoms with E-state index >= 15 is 0 Å². The summed E-state index contributed by atoms with van der Waals surface area (Å²) in [6.07, 6.45) is 3.73. The number of rotatable bonds is 3. The SMILES string of the molecule is CCC1SCCSC1C(O)C1=CCCO1. The molecule has 3 unspecified atom stereocenters. The molecule has 0 spiro atoms. The molecular formula is C11H18O2S2. The summed E-state index contributed by atoms with van der Waals surface area (Å²) in [4.78, 5) is 0. The number of aliphatic hydroxyl groups is 1. The molecule has 0 aromatic heterocycles. The molecule has 2 rings (SSSR count). The van der Waals surface area contributed by atoms with E-state index in [0.29, 0.717) is 10.5 Å². The molecule has 2 nitrogen and oxygen atoms in total. The molecule has 15 heavy (non-hydrogen) atoms. The molecule has 0 aliphatic carbocycles. The quantitative estimate of drug-likeness (QED) is 0.827. The lowest BCUT2D eigenvalue weighted by molar-refractivity contribution is 0.115. The molecule has 0 amide bonds. The Hall–Kier alpha value is 0.200. The van der Waals surface area contributed by atoms with E-state index in [-0.39, 0.29) is 0 Å². The molecule has 2 heterocycles. The average molecular weight is 246 g/mol. The lowest BCUT2D eigenvalue weighted by Gasteiger charge is -2.33. The predicted molar refractivity (Wildman–Crippen MR) is 67.4 cm³/mol.